The second-order valence-corrected chi connectivity index (χ2v) is 42.0. The number of pyridine rings is 4. The molecular formula is C89H114N16O19S4. The van der Waals surface area contributed by atoms with Crippen molar-refractivity contribution in [3.63, 3.8) is 0 Å². The van der Waals surface area contributed by atoms with Crippen molar-refractivity contribution in [3.8, 4) is 0 Å². The SMILES string of the molecule is C[C@@H]1CC[C@@H](c2cccc(S(C)(=O)=O)c2)NC1.Cc1cc(NC(=O)C(=O)N2C[C@@H](C)CC[C@@H]2c2cccc(S(C)(=O)=O)c2)cnc1N.Cc1cc(NC(=O)C(=O)N2C[C@H](C)CC[C@H]2c2cccc(S(C)(=O)=O)c2)cnc1N.Cc1cc(NC(=O)C(=O)N2C[C@H](C)CC[C@H]2c2cccc(S(C)(=O)=O)c2)cnc1N.Cc1cc(NC(=O)C(=O)O)cnc1NC(=O)OC(C)(C)C. The Morgan fingerprint density at radius 1 is 0.398 bits per heavy atom. The van der Waals surface area contributed by atoms with E-state index in [9.17, 15) is 76.8 Å². The van der Waals surface area contributed by atoms with Gasteiger partial charge < -0.3 is 68.3 Å². The smallest absolute Gasteiger partial charge is 0.413 e. The number of nitrogens with zero attached hydrogens (tertiary/aromatic N) is 7. The zero-order valence-electron chi connectivity index (χ0n) is 74.3. The molecule has 4 fully saturated rings. The molecule has 8 aromatic rings. The lowest BCUT2D eigenvalue weighted by molar-refractivity contribution is -0.147. The van der Waals surface area contributed by atoms with Crippen LogP contribution in [0, 0.1) is 51.4 Å². The summed E-state index contributed by atoms with van der Waals surface area (Å²) < 4.78 is 99.7. The lowest BCUT2D eigenvalue weighted by Gasteiger charge is -2.38. The highest BCUT2D eigenvalue weighted by molar-refractivity contribution is 7.91. The van der Waals surface area contributed by atoms with Crippen molar-refractivity contribution in [2.45, 2.75) is 177 Å². The number of nitrogen functional groups attached to an aromatic ring is 3. The molecule has 4 aromatic heterocycles. The lowest BCUT2D eigenvalue weighted by Crippen LogP contribution is -2.46. The summed E-state index contributed by atoms with van der Waals surface area (Å²) in [4.78, 5) is 132. The summed E-state index contributed by atoms with van der Waals surface area (Å²) in [5.41, 5.74) is 23.7. The fourth-order valence-corrected chi connectivity index (χ4v) is 17.2. The number of likely N-dealkylation sites (tertiary alicyclic amines) is 3. The van der Waals surface area contributed by atoms with E-state index in [-0.39, 0.29) is 62.1 Å². The molecule has 8 atom stereocenters. The number of carboxylic acids is 1. The van der Waals surface area contributed by atoms with Gasteiger partial charge in [0, 0.05) is 50.7 Å². The van der Waals surface area contributed by atoms with Gasteiger partial charge in [0.25, 0.3) is 0 Å². The number of anilines is 8. The summed E-state index contributed by atoms with van der Waals surface area (Å²) >= 11 is 0. The summed E-state index contributed by atoms with van der Waals surface area (Å²) in [6.07, 6.45) is 16.3. The van der Waals surface area contributed by atoms with Gasteiger partial charge in [-0.25, -0.2) is 63.2 Å². The normalized spacial score (nSPS) is 18.8. The minimum Gasteiger partial charge on any atom is -0.474 e. The van der Waals surface area contributed by atoms with Gasteiger partial charge in [-0.3, -0.25) is 38.9 Å². The predicted molar refractivity (Wildman–Crippen MR) is 487 cm³/mol. The molecule has 0 spiro atoms. The van der Waals surface area contributed by atoms with Crippen molar-refractivity contribution in [2.75, 3.05) is 95.0 Å². The summed E-state index contributed by atoms with van der Waals surface area (Å²) in [7, 11) is -13.2. The Morgan fingerprint density at radius 2 is 0.688 bits per heavy atom. The van der Waals surface area contributed by atoms with Crippen molar-refractivity contribution in [3.05, 3.63) is 191 Å². The molecule has 4 aliphatic heterocycles. The lowest BCUT2D eigenvalue weighted by atomic mass is 9.90. The van der Waals surface area contributed by atoms with Crippen LogP contribution >= 0.6 is 0 Å². The number of sulfone groups is 4. The van der Waals surface area contributed by atoms with E-state index in [0.717, 1.165) is 56.6 Å². The van der Waals surface area contributed by atoms with Crippen LogP contribution in [0.1, 0.15) is 169 Å². The highest BCUT2D eigenvalue weighted by Gasteiger charge is 2.39. The number of ether oxygens (including phenoxy) is 1. The van der Waals surface area contributed by atoms with Gasteiger partial charge in [-0.05, 0) is 247 Å². The molecule has 4 aliphatic rings. The molecule has 0 bridgehead atoms. The molecule has 0 unspecified atom stereocenters. The first kappa shape index (κ1) is 101. The first-order valence-corrected chi connectivity index (χ1v) is 48.8. The Morgan fingerprint density at radius 3 is 0.969 bits per heavy atom. The molecule has 35 nitrogen and oxygen atoms in total. The number of rotatable bonds is 13. The van der Waals surface area contributed by atoms with Crippen LogP contribution < -0.4 is 49.1 Å². The third-order valence-corrected chi connectivity index (χ3v) is 25.9. The highest BCUT2D eigenvalue weighted by Crippen LogP contribution is 2.39. The Labute approximate surface area is 747 Å². The quantitative estimate of drug-likeness (QED) is 0.0479. The number of hydrogen-bond donors (Lipinski definition) is 10. The molecule has 39 heteroatoms. The van der Waals surface area contributed by atoms with Crippen LogP contribution in [0.4, 0.5) is 50.8 Å². The number of piperidine rings is 4. The van der Waals surface area contributed by atoms with E-state index in [4.69, 9.17) is 27.0 Å². The van der Waals surface area contributed by atoms with E-state index in [1.807, 2.05) is 32.9 Å². The average Bonchev–Trinajstić information content (AvgIpc) is 0.800. The van der Waals surface area contributed by atoms with Crippen LogP contribution in [0.15, 0.2) is 166 Å². The zero-order valence-corrected chi connectivity index (χ0v) is 77.5. The summed E-state index contributed by atoms with van der Waals surface area (Å²) in [6.45, 7) is 22.7. The monoisotopic (exact) mass is 1840 g/mol. The third kappa shape index (κ3) is 29.4. The van der Waals surface area contributed by atoms with Crippen LogP contribution in [0.25, 0.3) is 0 Å². The maximum absolute atomic E-state index is 13.0. The summed E-state index contributed by atoms with van der Waals surface area (Å²) in [6, 6.07) is 32.6. The fourth-order valence-electron chi connectivity index (χ4n) is 14.5. The summed E-state index contributed by atoms with van der Waals surface area (Å²) in [5, 5.41) is 24.3. The standard InChI is InChI=1S/3C21H26N4O4S.C13H17N3O5.C13H19NO2S/c3*1-13-7-8-18(15-5-4-6-17(10-15)30(3,28)29)25(12-13)21(27)20(26)24-16-9-14(2)19(22)23-11-16;1-7-5-8(15-10(17)11(18)19)6-14-9(7)16-12(20)21-13(2,3)4;1-10-6-7-13(14-9-10)11-4-3-5-12(8-11)17(2,15)16/h3*4-6,9-11,13,18H,7-8,12H2,1-3H3,(H2,22,23)(H,24,26);5-6H,1-4H3,(H,15,17)(H,18,19)(H,14,16,20);3-5,8,10,13-14H,6-7,9H2,1-2H3/t3*13-,18+;;10-,13+/m110.1/s1. The number of nitrogens with one attached hydrogen (secondary N) is 6. The van der Waals surface area contributed by atoms with E-state index in [2.05, 4.69) is 58.8 Å². The van der Waals surface area contributed by atoms with Gasteiger partial charge in [-0.1, -0.05) is 76.2 Å². The Bertz CT molecular complexity index is 5540. The number of nitrogens with two attached hydrogens (primary N) is 3. The third-order valence-electron chi connectivity index (χ3n) is 21.5. The van der Waals surface area contributed by atoms with Crippen molar-refractivity contribution in [1.29, 1.82) is 0 Å². The van der Waals surface area contributed by atoms with E-state index >= 15 is 0 Å². The number of hydrogen-bond acceptors (Lipinski definition) is 26. The summed E-state index contributed by atoms with van der Waals surface area (Å²) in [5.74, 6) is -4.29. The minimum absolute atomic E-state index is 0.193. The number of benzene rings is 4. The number of carbonyl (C=O) groups is 9. The molecule has 0 saturated carbocycles. The molecule has 0 radical (unpaired) electrons. The van der Waals surface area contributed by atoms with Crippen LogP contribution in [-0.2, 0) is 82.4 Å². The van der Waals surface area contributed by atoms with Crippen molar-refractivity contribution in [2.24, 2.45) is 23.7 Å². The van der Waals surface area contributed by atoms with Crippen molar-refractivity contribution < 1.29 is 86.7 Å². The Balaban J connectivity index is 0.000000201. The number of aliphatic carboxylic acids is 1. The number of amides is 8. The molecule has 688 valence electrons. The Hall–Kier alpha value is -12.3. The van der Waals surface area contributed by atoms with Gasteiger partial charge in [0.15, 0.2) is 39.3 Å². The number of carboxylic acid groups (broad SMARTS) is 1. The molecule has 128 heavy (non-hydrogen) atoms. The average molecular weight is 1840 g/mol. The molecule has 8 heterocycles. The van der Waals surface area contributed by atoms with Gasteiger partial charge >= 0.3 is 53.4 Å². The molecule has 8 amide bonds. The van der Waals surface area contributed by atoms with Crippen molar-refractivity contribution in [1.82, 2.24) is 40.0 Å². The number of aromatic nitrogens is 4. The van der Waals surface area contributed by atoms with Crippen LogP contribution in [0.5, 0.6) is 0 Å². The van der Waals surface area contributed by atoms with E-state index < -0.39 is 98.4 Å². The van der Waals surface area contributed by atoms with Crippen LogP contribution in [0.2, 0.25) is 0 Å². The maximum Gasteiger partial charge on any atom is 0.413 e. The van der Waals surface area contributed by atoms with E-state index in [1.165, 1.54) is 76.4 Å². The molecule has 12 rings (SSSR count). The van der Waals surface area contributed by atoms with Crippen LogP contribution in [-0.4, -0.2) is 184 Å². The van der Waals surface area contributed by atoms with E-state index in [1.54, 1.807) is 133 Å². The second kappa shape index (κ2) is 43.4. The fraction of sp³-hybridized carbons (Fsp3) is 0.404. The van der Waals surface area contributed by atoms with Gasteiger partial charge in [-0.15, -0.1) is 0 Å². The molecule has 4 saturated heterocycles. The number of aryl methyl sites for hydroxylation is 4. The van der Waals surface area contributed by atoms with Crippen molar-refractivity contribution >= 4 is 139 Å². The topological polar surface area (TPSA) is 531 Å². The van der Waals surface area contributed by atoms with Crippen LogP contribution in [0.3, 0.4) is 0 Å². The Kier molecular flexibility index (Phi) is 34.3. The largest absolute Gasteiger partial charge is 0.474 e. The molecule has 4 aromatic carbocycles. The van der Waals surface area contributed by atoms with Gasteiger partial charge in [0.05, 0.1) is 85.2 Å². The highest BCUT2D eigenvalue weighted by atomic mass is 32.2. The molecule has 13 N–H and O–H groups in total. The first-order chi connectivity index (χ1) is 59.7. The number of carbonyl (C=O) groups excluding carboxylic acids is 8. The van der Waals surface area contributed by atoms with Gasteiger partial charge in [0.2, 0.25) is 0 Å². The van der Waals surface area contributed by atoms with Gasteiger partial charge in [0.1, 0.15) is 28.9 Å². The first-order valence-electron chi connectivity index (χ1n) is 41.2. The zero-order chi connectivity index (χ0) is 94.8. The minimum atomic E-state index is -3.38. The maximum atomic E-state index is 13.0. The van der Waals surface area contributed by atoms with E-state index in [0.29, 0.717) is 129 Å². The van der Waals surface area contributed by atoms with Gasteiger partial charge in [-0.2, -0.15) is 0 Å². The second-order valence-electron chi connectivity index (χ2n) is 33.9. The molecular weight excluding hydrogens is 1730 g/mol. The predicted octanol–water partition coefficient (Wildman–Crippen LogP) is 10.9. The molecule has 0 aliphatic carbocycles.